The molecule has 20 heavy (non-hydrogen) atoms. The van der Waals surface area contributed by atoms with E-state index in [1.54, 1.807) is 12.1 Å². The molecule has 2 atom stereocenters. The van der Waals surface area contributed by atoms with Crippen LogP contribution < -0.4 is 11.1 Å². The summed E-state index contributed by atoms with van der Waals surface area (Å²) in [5.41, 5.74) is 6.58. The monoisotopic (exact) mass is 283 g/mol. The first kappa shape index (κ1) is 16.6. The van der Waals surface area contributed by atoms with Gasteiger partial charge in [-0.25, -0.2) is 4.39 Å². The van der Waals surface area contributed by atoms with Crippen molar-refractivity contribution in [1.82, 2.24) is 10.2 Å². The Labute approximate surface area is 118 Å². The standard InChI is InChI=1S/C14H22FN3O2/c1-18(2)13(10-4-6-11(15)7-5-10)8-17-14(19)12(16)9-20-3/h4-7,12-13H,8-9,16H2,1-3H3,(H,17,19). The second-order valence-corrected chi connectivity index (χ2v) is 4.84. The van der Waals surface area contributed by atoms with Crippen LogP contribution in [0.2, 0.25) is 0 Å². The van der Waals surface area contributed by atoms with Crippen molar-refractivity contribution >= 4 is 5.91 Å². The second kappa shape index (κ2) is 7.94. The first-order chi connectivity index (χ1) is 9.45. The average molecular weight is 283 g/mol. The molecule has 5 nitrogen and oxygen atoms in total. The molecule has 1 aromatic carbocycles. The number of halogens is 1. The molecule has 2 unspecified atom stereocenters. The van der Waals surface area contributed by atoms with Crippen molar-refractivity contribution in [2.45, 2.75) is 12.1 Å². The van der Waals surface area contributed by atoms with Crippen LogP contribution in [0.25, 0.3) is 0 Å². The molecule has 0 heterocycles. The van der Waals surface area contributed by atoms with E-state index in [1.165, 1.54) is 19.2 Å². The predicted octanol–water partition coefficient (Wildman–Crippen LogP) is 0.518. The van der Waals surface area contributed by atoms with E-state index in [2.05, 4.69) is 5.32 Å². The van der Waals surface area contributed by atoms with Crippen LogP contribution >= 0.6 is 0 Å². The van der Waals surface area contributed by atoms with Crippen LogP contribution in [0.3, 0.4) is 0 Å². The van der Waals surface area contributed by atoms with Gasteiger partial charge in [0, 0.05) is 13.7 Å². The third kappa shape index (κ3) is 4.88. The van der Waals surface area contributed by atoms with Gasteiger partial charge in [-0.05, 0) is 31.8 Å². The van der Waals surface area contributed by atoms with Gasteiger partial charge < -0.3 is 20.7 Å². The van der Waals surface area contributed by atoms with Crippen LogP contribution in [0.15, 0.2) is 24.3 Å². The number of nitrogens with zero attached hydrogens (tertiary/aromatic N) is 1. The third-order valence-corrected chi connectivity index (χ3v) is 3.03. The highest BCUT2D eigenvalue weighted by molar-refractivity contribution is 5.81. The first-order valence-corrected chi connectivity index (χ1v) is 6.39. The summed E-state index contributed by atoms with van der Waals surface area (Å²) >= 11 is 0. The van der Waals surface area contributed by atoms with Crippen molar-refractivity contribution < 1.29 is 13.9 Å². The summed E-state index contributed by atoms with van der Waals surface area (Å²) in [6.45, 7) is 0.573. The van der Waals surface area contributed by atoms with Crippen molar-refractivity contribution in [2.24, 2.45) is 5.73 Å². The number of amides is 1. The molecule has 1 rings (SSSR count). The fourth-order valence-corrected chi connectivity index (χ4v) is 1.87. The van der Waals surface area contributed by atoms with Crippen molar-refractivity contribution in [3.05, 3.63) is 35.6 Å². The number of likely N-dealkylation sites (N-methyl/N-ethyl adjacent to an activating group) is 1. The molecule has 0 aliphatic rings. The molecule has 0 aromatic heterocycles. The molecule has 1 amide bonds. The summed E-state index contributed by atoms with van der Waals surface area (Å²) in [5, 5.41) is 2.78. The zero-order valence-corrected chi connectivity index (χ0v) is 12.1. The first-order valence-electron chi connectivity index (χ1n) is 6.39. The fraction of sp³-hybridized carbons (Fsp3) is 0.500. The van der Waals surface area contributed by atoms with Crippen LogP contribution in [0.5, 0.6) is 0 Å². The molecule has 0 saturated carbocycles. The van der Waals surface area contributed by atoms with Gasteiger partial charge in [0.25, 0.3) is 0 Å². The molecular formula is C14H22FN3O2. The van der Waals surface area contributed by atoms with E-state index >= 15 is 0 Å². The Kier molecular flexibility index (Phi) is 6.57. The number of hydrogen-bond donors (Lipinski definition) is 2. The molecule has 0 radical (unpaired) electrons. The number of carbonyl (C=O) groups excluding carboxylic acids is 1. The highest BCUT2D eigenvalue weighted by Gasteiger charge is 2.18. The summed E-state index contributed by atoms with van der Waals surface area (Å²) in [6, 6.07) is 5.50. The highest BCUT2D eigenvalue weighted by atomic mass is 19.1. The zero-order chi connectivity index (χ0) is 15.1. The van der Waals surface area contributed by atoms with E-state index in [0.717, 1.165) is 5.56 Å². The van der Waals surface area contributed by atoms with E-state index in [-0.39, 0.29) is 24.4 Å². The fourth-order valence-electron chi connectivity index (χ4n) is 1.87. The smallest absolute Gasteiger partial charge is 0.239 e. The summed E-state index contributed by atoms with van der Waals surface area (Å²) in [4.78, 5) is 13.7. The van der Waals surface area contributed by atoms with Crippen molar-refractivity contribution in [1.29, 1.82) is 0 Å². The van der Waals surface area contributed by atoms with Crippen LogP contribution in [-0.2, 0) is 9.53 Å². The molecule has 3 N–H and O–H groups in total. The van der Waals surface area contributed by atoms with Gasteiger partial charge in [0.15, 0.2) is 0 Å². The van der Waals surface area contributed by atoms with Crippen LogP contribution in [0.1, 0.15) is 11.6 Å². The van der Waals surface area contributed by atoms with Crippen molar-refractivity contribution in [3.8, 4) is 0 Å². The molecule has 0 aliphatic carbocycles. The number of carbonyl (C=O) groups is 1. The Morgan fingerprint density at radius 2 is 2.00 bits per heavy atom. The number of nitrogens with one attached hydrogen (secondary N) is 1. The van der Waals surface area contributed by atoms with Gasteiger partial charge in [-0.2, -0.15) is 0 Å². The maximum Gasteiger partial charge on any atom is 0.239 e. The Morgan fingerprint density at radius 3 is 2.50 bits per heavy atom. The number of benzene rings is 1. The maximum absolute atomic E-state index is 12.9. The summed E-state index contributed by atoms with van der Waals surface area (Å²) in [6.07, 6.45) is 0. The third-order valence-electron chi connectivity index (χ3n) is 3.03. The van der Waals surface area contributed by atoms with Gasteiger partial charge in [-0.15, -0.1) is 0 Å². The number of rotatable bonds is 7. The normalized spacial score (nSPS) is 14.1. The van der Waals surface area contributed by atoms with Gasteiger partial charge in [-0.1, -0.05) is 12.1 Å². The lowest BCUT2D eigenvalue weighted by Gasteiger charge is -2.25. The quantitative estimate of drug-likeness (QED) is 0.765. The van der Waals surface area contributed by atoms with Crippen LogP contribution in [-0.4, -0.2) is 51.2 Å². The Balaban J connectivity index is 2.64. The zero-order valence-electron chi connectivity index (χ0n) is 12.1. The lowest BCUT2D eigenvalue weighted by molar-refractivity contribution is -0.123. The lowest BCUT2D eigenvalue weighted by atomic mass is 10.1. The molecule has 6 heteroatoms. The van der Waals surface area contributed by atoms with E-state index in [1.807, 2.05) is 19.0 Å². The Bertz CT molecular complexity index is 423. The van der Waals surface area contributed by atoms with Gasteiger partial charge in [0.05, 0.1) is 12.6 Å². The molecule has 0 aliphatic heterocycles. The average Bonchev–Trinajstić information content (AvgIpc) is 2.40. The van der Waals surface area contributed by atoms with Crippen LogP contribution in [0, 0.1) is 5.82 Å². The Hall–Kier alpha value is -1.50. The molecule has 0 saturated heterocycles. The van der Waals surface area contributed by atoms with Gasteiger partial charge >= 0.3 is 0 Å². The molecule has 0 spiro atoms. The lowest BCUT2D eigenvalue weighted by Crippen LogP contribution is -2.45. The number of ether oxygens (including phenoxy) is 1. The van der Waals surface area contributed by atoms with E-state index in [4.69, 9.17) is 10.5 Å². The largest absolute Gasteiger partial charge is 0.383 e. The number of methoxy groups -OCH3 is 1. The second-order valence-electron chi connectivity index (χ2n) is 4.84. The predicted molar refractivity (Wildman–Crippen MR) is 75.7 cm³/mol. The minimum absolute atomic E-state index is 0.0469. The van der Waals surface area contributed by atoms with Gasteiger partial charge in [0.2, 0.25) is 5.91 Å². The minimum atomic E-state index is -0.684. The molecule has 1 aromatic rings. The summed E-state index contributed by atoms with van der Waals surface area (Å²) in [5.74, 6) is -0.543. The highest BCUT2D eigenvalue weighted by Crippen LogP contribution is 2.17. The Morgan fingerprint density at radius 1 is 1.40 bits per heavy atom. The van der Waals surface area contributed by atoms with Gasteiger partial charge in [0.1, 0.15) is 11.9 Å². The topological polar surface area (TPSA) is 67.6 Å². The van der Waals surface area contributed by atoms with Crippen molar-refractivity contribution in [3.63, 3.8) is 0 Å². The van der Waals surface area contributed by atoms with Gasteiger partial charge in [-0.3, -0.25) is 4.79 Å². The minimum Gasteiger partial charge on any atom is -0.383 e. The summed E-state index contributed by atoms with van der Waals surface area (Å²) in [7, 11) is 5.29. The number of nitrogens with two attached hydrogens (primary N) is 1. The van der Waals surface area contributed by atoms with Crippen LogP contribution in [0.4, 0.5) is 4.39 Å². The van der Waals surface area contributed by atoms with Crippen molar-refractivity contribution in [2.75, 3.05) is 34.4 Å². The van der Waals surface area contributed by atoms with E-state index < -0.39 is 6.04 Å². The molecule has 0 fully saturated rings. The van der Waals surface area contributed by atoms with E-state index in [0.29, 0.717) is 6.54 Å². The van der Waals surface area contributed by atoms with E-state index in [9.17, 15) is 9.18 Å². The maximum atomic E-state index is 12.9. The number of hydrogen-bond acceptors (Lipinski definition) is 4. The molecule has 0 bridgehead atoms. The summed E-state index contributed by atoms with van der Waals surface area (Å²) < 4.78 is 17.8. The SMILES string of the molecule is COCC(N)C(=O)NCC(c1ccc(F)cc1)N(C)C. The molecule has 112 valence electrons. The molecular weight excluding hydrogens is 261 g/mol.